The fourth-order valence-electron chi connectivity index (χ4n) is 2.94. The van der Waals surface area contributed by atoms with Crippen LogP contribution in [0.2, 0.25) is 0 Å². The standard InChI is InChI=1S/C18H22N7.Al.2H/c1-16(10-19-11-17-6-2-4-8-21-17)24(15-25-14-20-13-23-25)12-18-7-3-5-9-22-18;;;/h2-9,13-14,16H,10-12,15H2,1H3;;;/q-1;+1;;. The van der Waals surface area contributed by atoms with E-state index in [1.807, 2.05) is 41.3 Å². The molecule has 0 N–H and O–H groups in total. The first kappa shape index (κ1) is 18.7. The topological polar surface area (TPSA) is 63.0 Å². The smallest absolute Gasteiger partial charge is 0.322 e. The van der Waals surface area contributed by atoms with Crippen LogP contribution in [0.15, 0.2) is 61.4 Å². The second-order valence-electron chi connectivity index (χ2n) is 6.51. The van der Waals surface area contributed by atoms with Gasteiger partial charge in [0.1, 0.15) is 12.7 Å². The van der Waals surface area contributed by atoms with E-state index < -0.39 is 0 Å². The predicted octanol–water partition coefficient (Wildman–Crippen LogP) is 0.967. The molecule has 134 valence electrons. The molecule has 8 heteroatoms. The molecule has 3 rings (SSSR count). The summed E-state index contributed by atoms with van der Waals surface area (Å²) in [5, 5.41) is 4.26. The highest BCUT2D eigenvalue weighted by atomic mass is 27.1. The van der Waals surface area contributed by atoms with E-state index >= 15 is 0 Å². The van der Waals surface area contributed by atoms with Gasteiger partial charge in [0.05, 0.1) is 18.1 Å². The zero-order valence-corrected chi connectivity index (χ0v) is 17.3. The van der Waals surface area contributed by atoms with Crippen LogP contribution in [0.5, 0.6) is 0 Å². The summed E-state index contributed by atoms with van der Waals surface area (Å²) in [7, 11) is 0. The maximum absolute atomic E-state index is 4.48. The molecule has 0 amide bonds. The predicted molar refractivity (Wildman–Crippen MR) is 102 cm³/mol. The lowest BCUT2D eigenvalue weighted by atomic mass is 10.2. The van der Waals surface area contributed by atoms with E-state index in [2.05, 4.69) is 47.9 Å². The number of rotatable bonds is 9. The minimum Gasteiger partial charge on any atom is -0.384 e. The zero-order chi connectivity index (χ0) is 18.2. The largest absolute Gasteiger partial charge is 0.384 e. The van der Waals surface area contributed by atoms with Crippen LogP contribution in [0.4, 0.5) is 0 Å². The third-order valence-corrected chi connectivity index (χ3v) is 4.92. The van der Waals surface area contributed by atoms with Gasteiger partial charge in [0.25, 0.3) is 0 Å². The molecule has 0 saturated heterocycles. The van der Waals surface area contributed by atoms with E-state index in [4.69, 9.17) is 0 Å². The SMILES string of the molecule is CC(C[N]([AlH2])Cc1ccccn1)N(Cc1ccccn1)Cn1cncn1. The lowest BCUT2D eigenvalue weighted by molar-refractivity contribution is 0.125. The average Bonchev–Trinajstić information content (AvgIpc) is 3.16. The van der Waals surface area contributed by atoms with Crippen LogP contribution < -0.4 is 0 Å². The summed E-state index contributed by atoms with van der Waals surface area (Å²) < 4.78 is 4.29. The van der Waals surface area contributed by atoms with Crippen LogP contribution in [-0.4, -0.2) is 62.6 Å². The Labute approximate surface area is 162 Å². The molecule has 0 bridgehead atoms. The van der Waals surface area contributed by atoms with Crippen molar-refractivity contribution in [2.75, 3.05) is 6.54 Å². The van der Waals surface area contributed by atoms with E-state index in [0.29, 0.717) is 12.7 Å². The molecule has 0 aliphatic carbocycles. The van der Waals surface area contributed by atoms with Crippen LogP contribution in [0.1, 0.15) is 18.3 Å². The van der Waals surface area contributed by atoms with Crippen molar-refractivity contribution in [2.45, 2.75) is 32.7 Å². The first-order chi connectivity index (χ1) is 12.7. The Kier molecular flexibility index (Phi) is 6.86. The van der Waals surface area contributed by atoms with Crippen molar-refractivity contribution < 1.29 is 0 Å². The zero-order valence-electron chi connectivity index (χ0n) is 15.3. The molecule has 1 atom stereocenters. The maximum atomic E-state index is 4.48. The number of aromatic nitrogens is 5. The molecule has 3 heterocycles. The Morgan fingerprint density at radius 1 is 1.04 bits per heavy atom. The van der Waals surface area contributed by atoms with Gasteiger partial charge in [-0.05, 0) is 37.7 Å². The maximum Gasteiger partial charge on any atom is 0.322 e. The van der Waals surface area contributed by atoms with E-state index in [9.17, 15) is 0 Å². The van der Waals surface area contributed by atoms with Gasteiger partial charge in [-0.3, -0.25) is 14.9 Å². The highest BCUT2D eigenvalue weighted by molar-refractivity contribution is 6.04. The molecule has 0 radical (unpaired) electrons. The third-order valence-electron chi connectivity index (χ3n) is 4.24. The van der Waals surface area contributed by atoms with Crippen LogP contribution in [0.3, 0.4) is 0 Å². The summed E-state index contributed by atoms with van der Waals surface area (Å²) in [6.07, 6.45) is 7.02. The van der Waals surface area contributed by atoms with Gasteiger partial charge in [0.2, 0.25) is 0 Å². The summed E-state index contributed by atoms with van der Waals surface area (Å²) in [6, 6.07) is 12.5. The van der Waals surface area contributed by atoms with Crippen molar-refractivity contribution in [1.82, 2.24) is 33.5 Å². The van der Waals surface area contributed by atoms with Gasteiger partial charge in [-0.15, -0.1) is 0 Å². The van der Waals surface area contributed by atoms with Gasteiger partial charge >= 0.3 is 16.5 Å². The average molecular weight is 365 g/mol. The summed E-state index contributed by atoms with van der Waals surface area (Å²) in [5.41, 5.74) is 2.17. The Morgan fingerprint density at radius 3 is 2.31 bits per heavy atom. The van der Waals surface area contributed by atoms with Crippen LogP contribution >= 0.6 is 0 Å². The molecule has 0 spiro atoms. The Hall–Kier alpha value is -2.11. The first-order valence-corrected chi connectivity index (χ1v) is 9.65. The second-order valence-corrected chi connectivity index (χ2v) is 7.78. The fourth-order valence-corrected chi connectivity index (χ4v) is 3.79. The molecule has 0 aliphatic rings. The molecular formula is C18H24AlN7. The van der Waals surface area contributed by atoms with E-state index in [0.717, 1.165) is 47.5 Å². The fraction of sp³-hybridized carbons (Fsp3) is 0.333. The van der Waals surface area contributed by atoms with Crippen molar-refractivity contribution in [3.63, 3.8) is 0 Å². The van der Waals surface area contributed by atoms with Crippen LogP contribution in [-0.2, 0) is 19.8 Å². The Bertz CT molecular complexity index is 752. The summed E-state index contributed by atoms with van der Waals surface area (Å²) in [5.74, 6) is 0. The summed E-state index contributed by atoms with van der Waals surface area (Å²) >= 11 is 0.985. The monoisotopic (exact) mass is 365 g/mol. The molecule has 7 nitrogen and oxygen atoms in total. The van der Waals surface area contributed by atoms with Crippen molar-refractivity contribution in [3.8, 4) is 0 Å². The van der Waals surface area contributed by atoms with E-state index in [1.54, 1.807) is 12.7 Å². The summed E-state index contributed by atoms with van der Waals surface area (Å²) in [4.78, 5) is 15.3. The molecular weight excluding hydrogens is 341 g/mol. The van der Waals surface area contributed by atoms with Crippen molar-refractivity contribution in [3.05, 3.63) is 72.8 Å². The van der Waals surface area contributed by atoms with E-state index in [1.165, 1.54) is 0 Å². The van der Waals surface area contributed by atoms with Gasteiger partial charge < -0.3 is 3.88 Å². The molecule has 3 aromatic heterocycles. The number of pyridine rings is 2. The quantitative estimate of drug-likeness (QED) is 0.527. The van der Waals surface area contributed by atoms with Gasteiger partial charge in [0.15, 0.2) is 0 Å². The molecule has 0 aliphatic heterocycles. The van der Waals surface area contributed by atoms with Crippen molar-refractivity contribution >= 4 is 16.5 Å². The first-order valence-electron chi connectivity index (χ1n) is 8.75. The minimum atomic E-state index is 0.349. The van der Waals surface area contributed by atoms with Crippen molar-refractivity contribution in [2.24, 2.45) is 0 Å². The third kappa shape index (κ3) is 5.71. The lowest BCUT2D eigenvalue weighted by Crippen LogP contribution is -2.42. The molecule has 3 aromatic rings. The van der Waals surface area contributed by atoms with Gasteiger partial charge in [-0.2, -0.15) is 5.10 Å². The highest BCUT2D eigenvalue weighted by Gasteiger charge is 2.17. The van der Waals surface area contributed by atoms with Gasteiger partial charge in [-0.1, -0.05) is 12.1 Å². The van der Waals surface area contributed by atoms with E-state index in [-0.39, 0.29) is 0 Å². The molecule has 0 aromatic carbocycles. The lowest BCUT2D eigenvalue weighted by Gasteiger charge is -2.32. The molecule has 0 saturated carbocycles. The van der Waals surface area contributed by atoms with Crippen molar-refractivity contribution in [1.29, 1.82) is 0 Å². The minimum absolute atomic E-state index is 0.349. The summed E-state index contributed by atoms with van der Waals surface area (Å²) in [6.45, 7) is 5.59. The normalized spacial score (nSPS) is 12.6. The van der Waals surface area contributed by atoms with Crippen LogP contribution in [0.25, 0.3) is 0 Å². The second kappa shape index (κ2) is 9.55. The number of hydrogen-bond donors (Lipinski definition) is 0. The highest BCUT2D eigenvalue weighted by Crippen LogP contribution is 2.10. The number of hydrogen-bond acceptors (Lipinski definition) is 6. The van der Waals surface area contributed by atoms with Gasteiger partial charge in [0, 0.05) is 31.5 Å². The number of nitrogens with zero attached hydrogens (tertiary/aromatic N) is 7. The molecule has 0 fully saturated rings. The molecule has 1 unspecified atom stereocenters. The van der Waals surface area contributed by atoms with Crippen LogP contribution in [0, 0.1) is 0 Å². The Morgan fingerprint density at radius 2 is 1.73 bits per heavy atom. The van der Waals surface area contributed by atoms with Gasteiger partial charge in [-0.25, -0.2) is 9.67 Å². The molecule has 26 heavy (non-hydrogen) atoms. The Balaban J connectivity index is 1.64.